The van der Waals surface area contributed by atoms with Gasteiger partial charge in [-0.05, 0) is 47.0 Å². The number of carbonyl (C=O) groups is 2. The Morgan fingerprint density at radius 1 is 1.37 bits per heavy atom. The van der Waals surface area contributed by atoms with Crippen LogP contribution in [0.3, 0.4) is 0 Å². The quantitative estimate of drug-likeness (QED) is 0.754. The fourth-order valence-electron chi connectivity index (χ4n) is 1.63. The van der Waals surface area contributed by atoms with Gasteiger partial charge in [0, 0.05) is 13.6 Å². The fourth-order valence-corrected chi connectivity index (χ4v) is 2.22. The summed E-state index contributed by atoms with van der Waals surface area (Å²) < 4.78 is 6.05. The molecule has 1 rings (SSSR count). The van der Waals surface area contributed by atoms with Gasteiger partial charge in [-0.1, -0.05) is 6.07 Å². The highest BCUT2D eigenvalue weighted by molar-refractivity contribution is 9.10. The summed E-state index contributed by atoms with van der Waals surface area (Å²) in [5.74, 6) is 0.536. The van der Waals surface area contributed by atoms with Crippen LogP contribution >= 0.6 is 15.9 Å². The predicted octanol–water partition coefficient (Wildman–Crippen LogP) is 2.44. The molecule has 1 aromatic rings. The molecule has 0 N–H and O–H groups in total. The molecule has 1 amide bonds. The average Bonchev–Trinajstić information content (AvgIpc) is 2.35. The number of likely N-dealkylation sites (N-methyl/N-ethyl adjacent to an activating group) is 1. The number of nitrogens with zero attached hydrogens (tertiary/aromatic N) is 1. The second kappa shape index (κ2) is 7.28. The largest absolute Gasteiger partial charge is 0.496 e. The lowest BCUT2D eigenvalue weighted by molar-refractivity contribution is -0.133. The van der Waals surface area contributed by atoms with E-state index in [-0.39, 0.29) is 18.1 Å². The number of hydrogen-bond donors (Lipinski definition) is 0. The molecule has 0 unspecified atom stereocenters. The molecule has 104 valence electrons. The average molecular weight is 328 g/mol. The van der Waals surface area contributed by atoms with Crippen LogP contribution in [0.5, 0.6) is 5.75 Å². The van der Waals surface area contributed by atoms with Crippen LogP contribution in [0, 0.1) is 0 Å². The second-order valence-corrected chi connectivity index (χ2v) is 5.27. The zero-order chi connectivity index (χ0) is 14.4. The summed E-state index contributed by atoms with van der Waals surface area (Å²) in [6.45, 7) is 2.01. The highest BCUT2D eigenvalue weighted by Crippen LogP contribution is 2.25. The van der Waals surface area contributed by atoms with E-state index in [0.29, 0.717) is 6.54 Å². The number of benzene rings is 1. The van der Waals surface area contributed by atoms with E-state index in [1.807, 2.05) is 18.2 Å². The van der Waals surface area contributed by atoms with Gasteiger partial charge in [0.05, 0.1) is 18.0 Å². The molecule has 5 heteroatoms. The molecule has 19 heavy (non-hydrogen) atoms. The van der Waals surface area contributed by atoms with Crippen molar-refractivity contribution < 1.29 is 14.3 Å². The number of ether oxygens (including phenoxy) is 1. The third-order valence-electron chi connectivity index (χ3n) is 2.78. The van der Waals surface area contributed by atoms with Crippen molar-refractivity contribution >= 4 is 27.6 Å². The van der Waals surface area contributed by atoms with Crippen LogP contribution in [0.15, 0.2) is 22.7 Å². The molecule has 0 fully saturated rings. The van der Waals surface area contributed by atoms with Crippen molar-refractivity contribution in [1.29, 1.82) is 0 Å². The first kappa shape index (κ1) is 15.7. The highest BCUT2D eigenvalue weighted by Gasteiger charge is 2.11. The van der Waals surface area contributed by atoms with Crippen molar-refractivity contribution in [3.63, 3.8) is 0 Å². The fraction of sp³-hybridized carbons (Fsp3) is 0.429. The van der Waals surface area contributed by atoms with Crippen LogP contribution < -0.4 is 4.74 Å². The number of amides is 1. The number of halogens is 1. The normalized spacial score (nSPS) is 10.1. The molecule has 0 bridgehead atoms. The first-order chi connectivity index (χ1) is 8.93. The lowest BCUT2D eigenvalue weighted by atomic mass is 10.1. The van der Waals surface area contributed by atoms with Crippen molar-refractivity contribution in [3.8, 4) is 5.75 Å². The summed E-state index contributed by atoms with van der Waals surface area (Å²) in [6, 6.07) is 5.83. The number of methoxy groups -OCH3 is 1. The third-order valence-corrected chi connectivity index (χ3v) is 3.40. The summed E-state index contributed by atoms with van der Waals surface area (Å²) in [4.78, 5) is 24.1. The van der Waals surface area contributed by atoms with E-state index in [2.05, 4.69) is 15.9 Å². The number of Topliss-reactive ketones (excluding diaryl/α,β-unsaturated/α-hetero) is 1. The number of ketones is 1. The minimum absolute atomic E-state index is 0.0250. The Morgan fingerprint density at radius 2 is 2.05 bits per heavy atom. The number of hydrogen-bond acceptors (Lipinski definition) is 3. The molecule has 0 aliphatic carbocycles. The maximum Gasteiger partial charge on any atom is 0.229 e. The highest BCUT2D eigenvalue weighted by atomic mass is 79.9. The van der Waals surface area contributed by atoms with Crippen molar-refractivity contribution in [2.75, 3.05) is 20.7 Å². The third kappa shape index (κ3) is 5.03. The van der Waals surface area contributed by atoms with Crippen molar-refractivity contribution in [2.45, 2.75) is 19.8 Å². The Hall–Kier alpha value is -1.36. The number of carbonyl (C=O) groups excluding carboxylic acids is 2. The summed E-state index contributed by atoms with van der Waals surface area (Å²) in [6.07, 6.45) is 0.714. The van der Waals surface area contributed by atoms with Gasteiger partial charge in [-0.3, -0.25) is 9.59 Å². The molecule has 0 heterocycles. The zero-order valence-corrected chi connectivity index (χ0v) is 13.0. The minimum Gasteiger partial charge on any atom is -0.496 e. The van der Waals surface area contributed by atoms with Crippen molar-refractivity contribution in [1.82, 2.24) is 4.90 Å². The van der Waals surface area contributed by atoms with Gasteiger partial charge >= 0.3 is 0 Å². The maximum atomic E-state index is 11.6. The lowest BCUT2D eigenvalue weighted by Gasteiger charge is -2.16. The van der Waals surface area contributed by atoms with Gasteiger partial charge in [0.25, 0.3) is 0 Å². The topological polar surface area (TPSA) is 46.6 Å². The summed E-state index contributed by atoms with van der Waals surface area (Å²) >= 11 is 3.43. The van der Waals surface area contributed by atoms with Crippen LogP contribution in [-0.2, 0) is 16.0 Å². The van der Waals surface area contributed by atoms with E-state index in [4.69, 9.17) is 4.74 Å². The van der Waals surface area contributed by atoms with Crippen LogP contribution in [0.4, 0.5) is 0 Å². The molecule has 0 saturated heterocycles. The van der Waals surface area contributed by atoms with E-state index in [9.17, 15) is 9.59 Å². The standard InChI is InChI=1S/C14H18BrNO3/c1-10(17)8-14(18)16(2)7-6-11-4-5-13(19-3)12(15)9-11/h4-5,9H,6-8H2,1-3H3. The van der Waals surface area contributed by atoms with Gasteiger partial charge in [-0.2, -0.15) is 0 Å². The molecule has 0 aliphatic rings. The summed E-state index contributed by atoms with van der Waals surface area (Å²) in [5, 5.41) is 0. The summed E-state index contributed by atoms with van der Waals surface area (Å²) in [5.41, 5.74) is 1.11. The monoisotopic (exact) mass is 327 g/mol. The molecule has 4 nitrogen and oxygen atoms in total. The van der Waals surface area contributed by atoms with Gasteiger partial charge < -0.3 is 9.64 Å². The zero-order valence-electron chi connectivity index (χ0n) is 11.4. The second-order valence-electron chi connectivity index (χ2n) is 4.41. The Bertz CT molecular complexity index is 474. The van der Waals surface area contributed by atoms with E-state index in [1.165, 1.54) is 6.92 Å². The Labute approximate surface area is 121 Å². The van der Waals surface area contributed by atoms with Gasteiger partial charge in [0.1, 0.15) is 11.5 Å². The van der Waals surface area contributed by atoms with Gasteiger partial charge in [-0.25, -0.2) is 0 Å². The van der Waals surface area contributed by atoms with Crippen LogP contribution in [0.2, 0.25) is 0 Å². The smallest absolute Gasteiger partial charge is 0.229 e. The van der Waals surface area contributed by atoms with Gasteiger partial charge in [-0.15, -0.1) is 0 Å². The van der Waals surface area contributed by atoms with E-state index < -0.39 is 0 Å². The molecule has 0 aromatic heterocycles. The molecular weight excluding hydrogens is 310 g/mol. The molecular formula is C14H18BrNO3. The minimum atomic E-state index is -0.139. The molecule has 0 aliphatic heterocycles. The van der Waals surface area contributed by atoms with E-state index in [0.717, 1.165) is 22.2 Å². The van der Waals surface area contributed by atoms with Gasteiger partial charge in [0.15, 0.2) is 0 Å². The SMILES string of the molecule is COc1ccc(CCN(C)C(=O)CC(C)=O)cc1Br. The van der Waals surface area contributed by atoms with E-state index >= 15 is 0 Å². The van der Waals surface area contributed by atoms with Crippen molar-refractivity contribution in [3.05, 3.63) is 28.2 Å². The Kier molecular flexibility index (Phi) is 6.02. The van der Waals surface area contributed by atoms with E-state index in [1.54, 1.807) is 19.1 Å². The summed E-state index contributed by atoms with van der Waals surface area (Å²) in [7, 11) is 3.33. The Morgan fingerprint density at radius 3 is 2.58 bits per heavy atom. The molecule has 0 atom stereocenters. The first-order valence-electron chi connectivity index (χ1n) is 6.00. The van der Waals surface area contributed by atoms with Crippen LogP contribution in [0.1, 0.15) is 18.9 Å². The number of rotatable bonds is 6. The first-order valence-corrected chi connectivity index (χ1v) is 6.79. The molecule has 0 saturated carbocycles. The Balaban J connectivity index is 2.54. The maximum absolute atomic E-state index is 11.6. The van der Waals surface area contributed by atoms with Crippen LogP contribution in [-0.4, -0.2) is 37.3 Å². The molecule has 0 spiro atoms. The van der Waals surface area contributed by atoms with Crippen LogP contribution in [0.25, 0.3) is 0 Å². The molecule has 0 radical (unpaired) electrons. The molecule has 1 aromatic carbocycles. The van der Waals surface area contributed by atoms with Crippen molar-refractivity contribution in [2.24, 2.45) is 0 Å². The predicted molar refractivity (Wildman–Crippen MR) is 77.3 cm³/mol. The van der Waals surface area contributed by atoms with Gasteiger partial charge in [0.2, 0.25) is 5.91 Å². The lowest BCUT2D eigenvalue weighted by Crippen LogP contribution is -2.30.